The number of methoxy groups -OCH3 is 1. The number of benzene rings is 1. The van der Waals surface area contributed by atoms with E-state index in [0.29, 0.717) is 6.04 Å². The second-order valence-electron chi connectivity index (χ2n) is 4.61. The molecular formula is C13H19NOS. The van der Waals surface area contributed by atoms with Gasteiger partial charge in [-0.25, -0.2) is 0 Å². The highest BCUT2D eigenvalue weighted by molar-refractivity contribution is 8.00. The van der Waals surface area contributed by atoms with E-state index in [1.54, 1.807) is 7.11 Å². The Hall–Kier alpha value is -0.670. The first-order valence-electron chi connectivity index (χ1n) is 5.66. The van der Waals surface area contributed by atoms with Crippen LogP contribution in [-0.2, 0) is 6.42 Å². The van der Waals surface area contributed by atoms with Crippen LogP contribution in [0.15, 0.2) is 24.3 Å². The Morgan fingerprint density at radius 2 is 2.12 bits per heavy atom. The molecule has 0 saturated carbocycles. The van der Waals surface area contributed by atoms with E-state index in [2.05, 4.69) is 31.3 Å². The van der Waals surface area contributed by atoms with Gasteiger partial charge in [-0.15, -0.1) is 11.8 Å². The smallest absolute Gasteiger partial charge is 0.118 e. The third-order valence-corrected chi connectivity index (χ3v) is 4.47. The van der Waals surface area contributed by atoms with Gasteiger partial charge in [-0.1, -0.05) is 12.1 Å². The first-order chi connectivity index (χ1) is 7.61. The molecule has 0 amide bonds. The molecule has 16 heavy (non-hydrogen) atoms. The lowest BCUT2D eigenvalue weighted by atomic mass is 10.1. The molecule has 1 N–H and O–H groups in total. The van der Waals surface area contributed by atoms with E-state index >= 15 is 0 Å². The van der Waals surface area contributed by atoms with Gasteiger partial charge < -0.3 is 4.74 Å². The summed E-state index contributed by atoms with van der Waals surface area (Å²) in [5.41, 5.74) is 1.36. The number of nitrogens with one attached hydrogen (secondary N) is 1. The molecule has 0 radical (unpaired) electrons. The molecule has 88 valence electrons. The average molecular weight is 237 g/mol. The maximum atomic E-state index is 5.16. The summed E-state index contributed by atoms with van der Waals surface area (Å²) in [5, 5.41) is 3.64. The van der Waals surface area contributed by atoms with Crippen LogP contribution in [0.25, 0.3) is 0 Å². The minimum absolute atomic E-state index is 0.188. The fourth-order valence-corrected chi connectivity index (χ4v) is 3.40. The second-order valence-corrected chi connectivity index (χ2v) is 6.14. The highest BCUT2D eigenvalue weighted by atomic mass is 32.2. The van der Waals surface area contributed by atoms with Gasteiger partial charge in [0.05, 0.1) is 12.0 Å². The summed E-state index contributed by atoms with van der Waals surface area (Å²) in [7, 11) is 1.70. The lowest BCUT2D eigenvalue weighted by Gasteiger charge is -2.24. The fourth-order valence-electron chi connectivity index (χ4n) is 2.15. The van der Waals surface area contributed by atoms with E-state index in [1.165, 1.54) is 11.3 Å². The molecule has 0 bridgehead atoms. The maximum absolute atomic E-state index is 5.16. The summed E-state index contributed by atoms with van der Waals surface area (Å²) < 4.78 is 5.16. The third kappa shape index (κ3) is 2.71. The standard InChI is InChI=1S/C13H19NOS/c1-10-9-16-13(2,14-10)8-11-4-6-12(15-3)7-5-11/h4-7,10,14H,8-9H2,1-3H3. The minimum atomic E-state index is 0.188. The zero-order valence-corrected chi connectivity index (χ0v) is 10.9. The van der Waals surface area contributed by atoms with E-state index in [1.807, 2.05) is 23.9 Å². The predicted octanol–water partition coefficient (Wildman–Crippen LogP) is 2.68. The molecule has 0 spiro atoms. The van der Waals surface area contributed by atoms with Gasteiger partial charge in [0.1, 0.15) is 5.75 Å². The van der Waals surface area contributed by atoms with Crippen LogP contribution in [0.2, 0.25) is 0 Å². The summed E-state index contributed by atoms with van der Waals surface area (Å²) in [6.07, 6.45) is 1.06. The van der Waals surface area contributed by atoms with Crippen LogP contribution >= 0.6 is 11.8 Å². The van der Waals surface area contributed by atoms with Crippen LogP contribution in [0.1, 0.15) is 19.4 Å². The lowest BCUT2D eigenvalue weighted by Crippen LogP contribution is -2.39. The zero-order valence-electron chi connectivity index (χ0n) is 10.1. The summed E-state index contributed by atoms with van der Waals surface area (Å²) >= 11 is 2.02. The van der Waals surface area contributed by atoms with Crippen LogP contribution in [0.3, 0.4) is 0 Å². The Kier molecular flexibility index (Phi) is 3.45. The van der Waals surface area contributed by atoms with Gasteiger partial charge in [-0.05, 0) is 38.0 Å². The largest absolute Gasteiger partial charge is 0.497 e. The zero-order chi connectivity index (χ0) is 11.6. The van der Waals surface area contributed by atoms with E-state index in [9.17, 15) is 0 Å². The van der Waals surface area contributed by atoms with Gasteiger partial charge in [0.15, 0.2) is 0 Å². The van der Waals surface area contributed by atoms with Gasteiger partial charge in [0.2, 0.25) is 0 Å². The van der Waals surface area contributed by atoms with Crippen LogP contribution in [0.5, 0.6) is 5.75 Å². The molecule has 1 saturated heterocycles. The van der Waals surface area contributed by atoms with Crippen LogP contribution < -0.4 is 10.1 Å². The summed E-state index contributed by atoms with van der Waals surface area (Å²) in [4.78, 5) is 0.188. The van der Waals surface area contributed by atoms with Crippen molar-refractivity contribution in [1.29, 1.82) is 0 Å². The number of hydrogen-bond acceptors (Lipinski definition) is 3. The average Bonchev–Trinajstić information content (AvgIpc) is 2.59. The lowest BCUT2D eigenvalue weighted by molar-refractivity contribution is 0.414. The van der Waals surface area contributed by atoms with Gasteiger partial charge in [0, 0.05) is 11.8 Å². The van der Waals surface area contributed by atoms with Crippen molar-refractivity contribution in [2.45, 2.75) is 31.2 Å². The predicted molar refractivity (Wildman–Crippen MR) is 70.2 cm³/mol. The molecule has 1 aliphatic heterocycles. The summed E-state index contributed by atoms with van der Waals surface area (Å²) in [6.45, 7) is 4.53. The molecule has 2 atom stereocenters. The highest BCUT2D eigenvalue weighted by Gasteiger charge is 2.32. The van der Waals surface area contributed by atoms with Crippen molar-refractivity contribution in [3.8, 4) is 5.75 Å². The van der Waals surface area contributed by atoms with Crippen LogP contribution in [0.4, 0.5) is 0 Å². The maximum Gasteiger partial charge on any atom is 0.118 e. The minimum Gasteiger partial charge on any atom is -0.497 e. The first kappa shape index (κ1) is 11.8. The van der Waals surface area contributed by atoms with E-state index in [0.717, 1.165) is 12.2 Å². The Morgan fingerprint density at radius 1 is 1.44 bits per heavy atom. The molecule has 1 fully saturated rings. The summed E-state index contributed by atoms with van der Waals surface area (Å²) in [5.74, 6) is 2.13. The molecule has 2 unspecified atom stereocenters. The number of ether oxygens (including phenoxy) is 1. The number of rotatable bonds is 3. The monoisotopic (exact) mass is 237 g/mol. The quantitative estimate of drug-likeness (QED) is 0.873. The SMILES string of the molecule is COc1ccc(CC2(C)NC(C)CS2)cc1. The van der Waals surface area contributed by atoms with Gasteiger partial charge in [0.25, 0.3) is 0 Å². The van der Waals surface area contributed by atoms with Crippen molar-refractivity contribution in [3.05, 3.63) is 29.8 Å². The fraction of sp³-hybridized carbons (Fsp3) is 0.538. The van der Waals surface area contributed by atoms with Gasteiger partial charge in [-0.3, -0.25) is 5.32 Å². The van der Waals surface area contributed by atoms with Gasteiger partial charge in [-0.2, -0.15) is 0 Å². The van der Waals surface area contributed by atoms with E-state index in [4.69, 9.17) is 4.74 Å². The normalized spacial score (nSPS) is 29.3. The molecule has 2 nitrogen and oxygen atoms in total. The number of thioether (sulfide) groups is 1. The molecular weight excluding hydrogens is 218 g/mol. The van der Waals surface area contributed by atoms with Crippen LogP contribution in [0, 0.1) is 0 Å². The van der Waals surface area contributed by atoms with Crippen molar-refractivity contribution in [2.75, 3.05) is 12.9 Å². The molecule has 1 aromatic rings. The summed E-state index contributed by atoms with van der Waals surface area (Å²) in [6, 6.07) is 8.97. The molecule has 0 aromatic heterocycles. The van der Waals surface area contributed by atoms with Crippen molar-refractivity contribution in [2.24, 2.45) is 0 Å². The molecule has 3 heteroatoms. The molecule has 2 rings (SSSR count). The van der Waals surface area contributed by atoms with E-state index < -0.39 is 0 Å². The van der Waals surface area contributed by atoms with Crippen LogP contribution in [-0.4, -0.2) is 23.8 Å². The Balaban J connectivity index is 2.03. The molecule has 1 aliphatic rings. The first-order valence-corrected chi connectivity index (χ1v) is 6.64. The second kappa shape index (κ2) is 4.68. The van der Waals surface area contributed by atoms with Gasteiger partial charge >= 0.3 is 0 Å². The Bertz CT molecular complexity index is 351. The molecule has 1 heterocycles. The highest BCUT2D eigenvalue weighted by Crippen LogP contribution is 2.33. The van der Waals surface area contributed by atoms with E-state index in [-0.39, 0.29) is 4.87 Å². The Morgan fingerprint density at radius 3 is 2.62 bits per heavy atom. The van der Waals surface area contributed by atoms with Crippen molar-refractivity contribution in [1.82, 2.24) is 5.32 Å². The van der Waals surface area contributed by atoms with Crippen molar-refractivity contribution >= 4 is 11.8 Å². The molecule has 0 aliphatic carbocycles. The third-order valence-electron chi connectivity index (χ3n) is 2.90. The van der Waals surface area contributed by atoms with Crippen molar-refractivity contribution in [3.63, 3.8) is 0 Å². The molecule has 1 aromatic carbocycles. The Labute approximate surface area is 102 Å². The number of hydrogen-bond donors (Lipinski definition) is 1. The topological polar surface area (TPSA) is 21.3 Å². The van der Waals surface area contributed by atoms with Crippen molar-refractivity contribution < 1.29 is 4.74 Å².